The fraction of sp³-hybridized carbons (Fsp3) is 0.391. The van der Waals surface area contributed by atoms with Crippen molar-refractivity contribution in [2.24, 2.45) is 0 Å². The molecule has 1 amide bonds. The summed E-state index contributed by atoms with van der Waals surface area (Å²) < 4.78 is 13.6. The van der Waals surface area contributed by atoms with Gasteiger partial charge in [-0.25, -0.2) is 4.98 Å². The van der Waals surface area contributed by atoms with E-state index < -0.39 is 0 Å². The van der Waals surface area contributed by atoms with Crippen molar-refractivity contribution >= 4 is 16.9 Å². The van der Waals surface area contributed by atoms with E-state index in [1.54, 1.807) is 0 Å². The average molecular weight is 391 g/mol. The van der Waals surface area contributed by atoms with Crippen LogP contribution in [-0.4, -0.2) is 40.1 Å². The Bertz CT molecular complexity index is 1030. The lowest BCUT2D eigenvalue weighted by atomic mass is 10.0. The number of hydrogen-bond acceptors (Lipinski definition) is 4. The molecule has 0 saturated carbocycles. The molecule has 2 aromatic carbocycles. The predicted molar refractivity (Wildman–Crippen MR) is 110 cm³/mol. The largest absolute Gasteiger partial charge is 0.490 e. The van der Waals surface area contributed by atoms with Gasteiger partial charge in [-0.3, -0.25) is 4.79 Å². The van der Waals surface area contributed by atoms with Crippen LogP contribution >= 0.6 is 0 Å². The van der Waals surface area contributed by atoms with Gasteiger partial charge < -0.3 is 18.9 Å². The first kappa shape index (κ1) is 18.0. The summed E-state index contributed by atoms with van der Waals surface area (Å²) in [6.07, 6.45) is 5.20. The maximum atomic E-state index is 13.0. The van der Waals surface area contributed by atoms with E-state index in [0.717, 1.165) is 53.9 Å². The maximum Gasteiger partial charge on any atom is 0.224 e. The van der Waals surface area contributed by atoms with Crippen molar-refractivity contribution in [1.82, 2.24) is 14.5 Å². The van der Waals surface area contributed by atoms with Gasteiger partial charge in [0.2, 0.25) is 5.91 Å². The zero-order valence-electron chi connectivity index (χ0n) is 16.4. The normalized spacial score (nSPS) is 18.8. The van der Waals surface area contributed by atoms with Crippen molar-refractivity contribution in [3.05, 3.63) is 54.4 Å². The molecule has 1 aromatic heterocycles. The first-order chi connectivity index (χ1) is 14.3. The van der Waals surface area contributed by atoms with E-state index in [4.69, 9.17) is 9.47 Å². The summed E-state index contributed by atoms with van der Waals surface area (Å²) in [4.78, 5) is 19.5. The number of rotatable bonds is 4. The van der Waals surface area contributed by atoms with E-state index in [1.165, 1.54) is 0 Å². The minimum absolute atomic E-state index is 0.110. The first-order valence-electron chi connectivity index (χ1n) is 10.4. The number of benzene rings is 2. The van der Waals surface area contributed by atoms with Crippen LogP contribution in [0.15, 0.2) is 48.8 Å². The second-order valence-electron chi connectivity index (χ2n) is 7.68. The number of likely N-dealkylation sites (tertiary alicyclic amines) is 1. The number of imidazole rings is 1. The third-order valence-corrected chi connectivity index (χ3v) is 5.82. The summed E-state index contributed by atoms with van der Waals surface area (Å²) in [7, 11) is 0. The number of carbonyl (C=O) groups excluding carboxylic acids is 1. The van der Waals surface area contributed by atoms with Gasteiger partial charge in [-0.15, -0.1) is 0 Å². The average Bonchev–Trinajstić information content (AvgIpc) is 3.33. The monoisotopic (exact) mass is 391 g/mol. The van der Waals surface area contributed by atoms with Crippen LogP contribution in [0.2, 0.25) is 0 Å². The van der Waals surface area contributed by atoms with E-state index in [0.29, 0.717) is 26.2 Å². The first-order valence-corrected chi connectivity index (χ1v) is 10.4. The fourth-order valence-electron chi connectivity index (χ4n) is 4.35. The van der Waals surface area contributed by atoms with Crippen LogP contribution in [0.25, 0.3) is 11.0 Å². The molecule has 3 aromatic rings. The minimum atomic E-state index is 0.110. The molecule has 6 nitrogen and oxygen atoms in total. The quantitative estimate of drug-likeness (QED) is 0.676. The van der Waals surface area contributed by atoms with Crippen molar-refractivity contribution in [2.75, 3.05) is 19.8 Å². The molecular weight excluding hydrogens is 366 g/mol. The van der Waals surface area contributed by atoms with Gasteiger partial charge in [0.15, 0.2) is 11.5 Å². The Balaban J connectivity index is 1.30. The Kier molecular flexibility index (Phi) is 4.84. The molecule has 0 N–H and O–H groups in total. The van der Waals surface area contributed by atoms with E-state index >= 15 is 0 Å². The lowest BCUT2D eigenvalue weighted by Crippen LogP contribution is -2.31. The van der Waals surface area contributed by atoms with Crippen LogP contribution in [0, 0.1) is 0 Å². The van der Waals surface area contributed by atoms with Crippen molar-refractivity contribution in [1.29, 1.82) is 0 Å². The number of carbonyl (C=O) groups is 1. The molecule has 29 heavy (non-hydrogen) atoms. The van der Waals surface area contributed by atoms with Gasteiger partial charge in [-0.2, -0.15) is 0 Å². The number of fused-ring (bicyclic) bond motifs is 2. The minimum Gasteiger partial charge on any atom is -0.490 e. The van der Waals surface area contributed by atoms with Gasteiger partial charge in [0, 0.05) is 25.9 Å². The van der Waals surface area contributed by atoms with Crippen LogP contribution in [0.4, 0.5) is 0 Å². The number of nitrogens with zero attached hydrogens (tertiary/aromatic N) is 3. The Morgan fingerprint density at radius 1 is 1.07 bits per heavy atom. The molecule has 0 unspecified atom stereocenters. The van der Waals surface area contributed by atoms with Crippen LogP contribution in [-0.2, 0) is 11.3 Å². The molecule has 2 aliphatic rings. The molecule has 1 saturated heterocycles. The summed E-state index contributed by atoms with van der Waals surface area (Å²) in [5.74, 6) is 1.79. The molecule has 0 radical (unpaired) electrons. The third kappa shape index (κ3) is 3.55. The molecule has 1 fully saturated rings. The number of para-hydroxylation sites is 2. The smallest absolute Gasteiger partial charge is 0.224 e. The standard InChI is InChI=1S/C23H25N3O3/c27-23(10-12-25-16-24-18-5-1-2-6-20(18)25)26-11-3-7-19(26)17-8-9-21-22(15-17)29-14-4-13-28-21/h1-2,5-6,8-9,15-16,19H,3-4,7,10-14H2/t19-/m1/s1. The highest BCUT2D eigenvalue weighted by Gasteiger charge is 2.30. The van der Waals surface area contributed by atoms with E-state index in [-0.39, 0.29) is 11.9 Å². The van der Waals surface area contributed by atoms with Gasteiger partial charge in [0.25, 0.3) is 0 Å². The number of hydrogen-bond donors (Lipinski definition) is 0. The van der Waals surface area contributed by atoms with Gasteiger partial charge in [0.1, 0.15) is 0 Å². The molecule has 1 atom stereocenters. The Hall–Kier alpha value is -3.02. The van der Waals surface area contributed by atoms with Crippen LogP contribution in [0.1, 0.15) is 37.3 Å². The number of aryl methyl sites for hydroxylation is 1. The molecule has 0 aliphatic carbocycles. The molecule has 150 valence electrons. The molecule has 0 spiro atoms. The number of aromatic nitrogens is 2. The van der Waals surface area contributed by atoms with Crippen LogP contribution in [0.3, 0.4) is 0 Å². The maximum absolute atomic E-state index is 13.0. The lowest BCUT2D eigenvalue weighted by Gasteiger charge is -2.26. The van der Waals surface area contributed by atoms with E-state index in [1.807, 2.05) is 41.6 Å². The van der Waals surface area contributed by atoms with Gasteiger partial charge >= 0.3 is 0 Å². The van der Waals surface area contributed by atoms with Crippen molar-refractivity contribution in [3.63, 3.8) is 0 Å². The van der Waals surface area contributed by atoms with E-state index in [9.17, 15) is 4.79 Å². The third-order valence-electron chi connectivity index (χ3n) is 5.82. The highest BCUT2D eigenvalue weighted by Crippen LogP contribution is 2.38. The Labute approximate surface area is 170 Å². The SMILES string of the molecule is O=C(CCn1cnc2ccccc21)N1CCC[C@@H]1c1ccc2c(c1)OCCCO2. The van der Waals surface area contributed by atoms with Gasteiger partial charge in [-0.1, -0.05) is 18.2 Å². The van der Waals surface area contributed by atoms with Gasteiger partial charge in [0.05, 0.1) is 36.6 Å². The molecule has 3 heterocycles. The highest BCUT2D eigenvalue weighted by atomic mass is 16.5. The van der Waals surface area contributed by atoms with Crippen molar-refractivity contribution in [3.8, 4) is 11.5 Å². The Morgan fingerprint density at radius 2 is 1.93 bits per heavy atom. The summed E-state index contributed by atoms with van der Waals surface area (Å²) in [6, 6.07) is 14.2. The zero-order chi connectivity index (χ0) is 19.6. The molecule has 5 rings (SSSR count). The second kappa shape index (κ2) is 7.78. The van der Waals surface area contributed by atoms with Crippen LogP contribution < -0.4 is 9.47 Å². The zero-order valence-corrected chi connectivity index (χ0v) is 16.4. The van der Waals surface area contributed by atoms with E-state index in [2.05, 4.69) is 21.7 Å². The predicted octanol–water partition coefficient (Wildman–Crippen LogP) is 3.95. The fourth-order valence-corrected chi connectivity index (χ4v) is 4.35. The van der Waals surface area contributed by atoms with Crippen molar-refractivity contribution in [2.45, 2.75) is 38.3 Å². The summed E-state index contributed by atoms with van der Waals surface area (Å²) >= 11 is 0. The molecule has 0 bridgehead atoms. The second-order valence-corrected chi connectivity index (χ2v) is 7.68. The summed E-state index contributed by atoms with van der Waals surface area (Å²) in [6.45, 7) is 2.80. The molecule has 2 aliphatic heterocycles. The Morgan fingerprint density at radius 3 is 2.86 bits per heavy atom. The number of amides is 1. The van der Waals surface area contributed by atoms with Gasteiger partial charge in [-0.05, 0) is 42.7 Å². The lowest BCUT2D eigenvalue weighted by molar-refractivity contribution is -0.132. The van der Waals surface area contributed by atoms with Crippen molar-refractivity contribution < 1.29 is 14.3 Å². The summed E-state index contributed by atoms with van der Waals surface area (Å²) in [5.41, 5.74) is 3.17. The molecular formula is C23H25N3O3. The summed E-state index contributed by atoms with van der Waals surface area (Å²) in [5, 5.41) is 0. The number of ether oxygens (including phenoxy) is 2. The van der Waals surface area contributed by atoms with Crippen LogP contribution in [0.5, 0.6) is 11.5 Å². The highest BCUT2D eigenvalue weighted by molar-refractivity contribution is 5.78. The molecule has 6 heteroatoms. The topological polar surface area (TPSA) is 56.6 Å².